The standard InChI is InChI=1S/C22H18N2O2/c25-21(14-11-16-7-3-1-4-8-16)23-18-12-13-19-20(15-18)26-22(24-19)17-9-5-2-6-10-17/h1-10,12-13,15H,11,14H2,(H,23,25). The lowest BCUT2D eigenvalue weighted by Gasteiger charge is -2.05. The number of aromatic nitrogens is 1. The number of nitrogens with zero attached hydrogens (tertiary/aromatic N) is 1. The molecule has 0 saturated carbocycles. The van der Waals surface area contributed by atoms with Crippen molar-refractivity contribution in [2.75, 3.05) is 5.32 Å². The summed E-state index contributed by atoms with van der Waals surface area (Å²) in [5.74, 6) is 0.559. The molecule has 26 heavy (non-hydrogen) atoms. The van der Waals surface area contributed by atoms with E-state index in [-0.39, 0.29) is 5.91 Å². The summed E-state index contributed by atoms with van der Waals surface area (Å²) in [6.07, 6.45) is 1.16. The monoisotopic (exact) mass is 342 g/mol. The molecule has 4 rings (SSSR count). The van der Waals surface area contributed by atoms with E-state index in [4.69, 9.17) is 4.42 Å². The van der Waals surface area contributed by atoms with E-state index in [1.165, 1.54) is 0 Å². The second-order valence-electron chi connectivity index (χ2n) is 6.10. The number of nitrogens with one attached hydrogen (secondary N) is 1. The van der Waals surface area contributed by atoms with Gasteiger partial charge in [0.05, 0.1) is 0 Å². The Labute approximate surface area is 151 Å². The zero-order chi connectivity index (χ0) is 17.8. The molecule has 4 heteroatoms. The van der Waals surface area contributed by atoms with E-state index in [1.54, 1.807) is 0 Å². The number of oxazole rings is 1. The molecule has 0 saturated heterocycles. The highest BCUT2D eigenvalue weighted by atomic mass is 16.3. The molecule has 1 amide bonds. The van der Waals surface area contributed by atoms with Crippen LogP contribution in [0, 0.1) is 0 Å². The number of hydrogen-bond acceptors (Lipinski definition) is 3. The third-order valence-electron chi connectivity index (χ3n) is 4.18. The van der Waals surface area contributed by atoms with Crippen molar-refractivity contribution in [3.63, 3.8) is 0 Å². The predicted octanol–water partition coefficient (Wildman–Crippen LogP) is 5.07. The van der Waals surface area contributed by atoms with Gasteiger partial charge >= 0.3 is 0 Å². The van der Waals surface area contributed by atoms with Crippen LogP contribution >= 0.6 is 0 Å². The summed E-state index contributed by atoms with van der Waals surface area (Å²) in [5, 5.41) is 2.93. The normalized spacial score (nSPS) is 10.8. The van der Waals surface area contributed by atoms with Crippen molar-refractivity contribution in [1.82, 2.24) is 4.98 Å². The fourth-order valence-corrected chi connectivity index (χ4v) is 2.83. The highest BCUT2D eigenvalue weighted by Crippen LogP contribution is 2.26. The molecule has 0 aliphatic rings. The summed E-state index contributed by atoms with van der Waals surface area (Å²) in [5.41, 5.74) is 4.22. The van der Waals surface area contributed by atoms with E-state index in [1.807, 2.05) is 78.9 Å². The van der Waals surface area contributed by atoms with Crippen molar-refractivity contribution in [2.45, 2.75) is 12.8 Å². The first-order chi connectivity index (χ1) is 12.8. The van der Waals surface area contributed by atoms with Gasteiger partial charge in [-0.3, -0.25) is 4.79 Å². The van der Waals surface area contributed by atoms with E-state index in [2.05, 4.69) is 10.3 Å². The van der Waals surface area contributed by atoms with Crippen molar-refractivity contribution in [1.29, 1.82) is 0 Å². The number of anilines is 1. The molecule has 0 aliphatic carbocycles. The minimum absolute atomic E-state index is 0.0176. The highest BCUT2D eigenvalue weighted by molar-refractivity contribution is 5.93. The molecule has 0 fully saturated rings. The summed E-state index contributed by atoms with van der Waals surface area (Å²) in [6.45, 7) is 0. The first-order valence-corrected chi connectivity index (χ1v) is 8.58. The zero-order valence-corrected chi connectivity index (χ0v) is 14.2. The van der Waals surface area contributed by atoms with E-state index < -0.39 is 0 Å². The summed E-state index contributed by atoms with van der Waals surface area (Å²) >= 11 is 0. The van der Waals surface area contributed by atoms with Crippen LogP contribution in [-0.4, -0.2) is 10.9 Å². The molecule has 4 nitrogen and oxygen atoms in total. The Bertz CT molecular complexity index is 1020. The van der Waals surface area contributed by atoms with Crippen molar-refractivity contribution >= 4 is 22.7 Å². The van der Waals surface area contributed by atoms with Crippen molar-refractivity contribution in [2.24, 2.45) is 0 Å². The van der Waals surface area contributed by atoms with Crippen LogP contribution in [0.2, 0.25) is 0 Å². The van der Waals surface area contributed by atoms with Crippen LogP contribution in [0.1, 0.15) is 12.0 Å². The number of benzene rings is 3. The van der Waals surface area contributed by atoms with Crippen LogP contribution in [0.25, 0.3) is 22.6 Å². The van der Waals surface area contributed by atoms with Gasteiger partial charge in [-0.2, -0.15) is 0 Å². The van der Waals surface area contributed by atoms with Gasteiger partial charge in [0.25, 0.3) is 0 Å². The van der Waals surface area contributed by atoms with Crippen LogP contribution in [0.15, 0.2) is 83.3 Å². The molecule has 128 valence electrons. The number of carbonyl (C=O) groups excluding carboxylic acids is 1. The van der Waals surface area contributed by atoms with Gasteiger partial charge in [-0.15, -0.1) is 0 Å². The van der Waals surface area contributed by atoms with Crippen molar-refractivity contribution < 1.29 is 9.21 Å². The first-order valence-electron chi connectivity index (χ1n) is 8.58. The molecule has 3 aromatic carbocycles. The Morgan fingerprint density at radius 1 is 0.923 bits per heavy atom. The average Bonchev–Trinajstić information content (AvgIpc) is 3.11. The minimum atomic E-state index is -0.0176. The minimum Gasteiger partial charge on any atom is -0.436 e. The number of aryl methyl sites for hydroxylation is 1. The van der Waals surface area contributed by atoms with Gasteiger partial charge in [-0.05, 0) is 36.2 Å². The predicted molar refractivity (Wildman–Crippen MR) is 103 cm³/mol. The molecule has 0 radical (unpaired) electrons. The van der Waals surface area contributed by atoms with Crippen molar-refractivity contribution in [3.05, 3.63) is 84.4 Å². The third-order valence-corrected chi connectivity index (χ3v) is 4.18. The van der Waals surface area contributed by atoms with E-state index in [9.17, 15) is 4.79 Å². The van der Waals surface area contributed by atoms with Crippen LogP contribution in [0.4, 0.5) is 5.69 Å². The topological polar surface area (TPSA) is 55.1 Å². The van der Waals surface area contributed by atoms with Gasteiger partial charge in [0, 0.05) is 23.7 Å². The van der Waals surface area contributed by atoms with E-state index in [0.717, 1.165) is 23.1 Å². The molecule has 1 heterocycles. The zero-order valence-electron chi connectivity index (χ0n) is 14.2. The Morgan fingerprint density at radius 2 is 1.65 bits per heavy atom. The van der Waals surface area contributed by atoms with Gasteiger partial charge < -0.3 is 9.73 Å². The molecule has 1 aromatic heterocycles. The molecule has 4 aromatic rings. The maximum atomic E-state index is 12.2. The summed E-state index contributed by atoms with van der Waals surface area (Å²) in [4.78, 5) is 16.7. The Balaban J connectivity index is 1.46. The number of rotatable bonds is 5. The largest absolute Gasteiger partial charge is 0.436 e. The van der Waals surface area contributed by atoms with Crippen LogP contribution < -0.4 is 5.32 Å². The van der Waals surface area contributed by atoms with Gasteiger partial charge in [0.1, 0.15) is 5.52 Å². The van der Waals surface area contributed by atoms with Gasteiger partial charge in [-0.25, -0.2) is 4.98 Å². The first kappa shape index (κ1) is 16.1. The number of amides is 1. The summed E-state index contributed by atoms with van der Waals surface area (Å²) in [7, 11) is 0. The Hall–Kier alpha value is -3.40. The maximum Gasteiger partial charge on any atom is 0.227 e. The molecular weight excluding hydrogens is 324 g/mol. The fourth-order valence-electron chi connectivity index (χ4n) is 2.83. The second-order valence-corrected chi connectivity index (χ2v) is 6.10. The molecule has 0 bridgehead atoms. The molecule has 0 spiro atoms. The third kappa shape index (κ3) is 3.64. The van der Waals surface area contributed by atoms with Gasteiger partial charge in [0.15, 0.2) is 5.58 Å². The molecule has 0 aliphatic heterocycles. The lowest BCUT2D eigenvalue weighted by molar-refractivity contribution is -0.116. The Morgan fingerprint density at radius 3 is 2.42 bits per heavy atom. The number of hydrogen-bond donors (Lipinski definition) is 1. The summed E-state index contributed by atoms with van der Waals surface area (Å²) < 4.78 is 5.84. The SMILES string of the molecule is O=C(CCc1ccccc1)Nc1ccc2nc(-c3ccccc3)oc2c1. The van der Waals surface area contributed by atoms with Crippen molar-refractivity contribution in [3.8, 4) is 11.5 Å². The number of carbonyl (C=O) groups is 1. The lowest BCUT2D eigenvalue weighted by atomic mass is 10.1. The molecule has 1 N–H and O–H groups in total. The van der Waals surface area contributed by atoms with Crippen LogP contribution in [0.3, 0.4) is 0 Å². The van der Waals surface area contributed by atoms with Gasteiger partial charge in [-0.1, -0.05) is 48.5 Å². The smallest absolute Gasteiger partial charge is 0.227 e. The second kappa shape index (κ2) is 7.23. The van der Waals surface area contributed by atoms with Gasteiger partial charge in [0.2, 0.25) is 11.8 Å². The fraction of sp³-hybridized carbons (Fsp3) is 0.0909. The molecule has 0 unspecified atom stereocenters. The van der Waals surface area contributed by atoms with E-state index in [0.29, 0.717) is 23.6 Å². The summed E-state index contributed by atoms with van der Waals surface area (Å²) in [6, 6.07) is 25.3. The number of fused-ring (bicyclic) bond motifs is 1. The van der Waals surface area contributed by atoms with Crippen LogP contribution in [-0.2, 0) is 11.2 Å². The average molecular weight is 342 g/mol. The molecule has 0 atom stereocenters. The molecular formula is C22H18N2O2. The lowest BCUT2D eigenvalue weighted by Crippen LogP contribution is -2.12. The van der Waals surface area contributed by atoms with E-state index >= 15 is 0 Å². The Kier molecular flexibility index (Phi) is 4.48. The van der Waals surface area contributed by atoms with Crippen LogP contribution in [0.5, 0.6) is 0 Å². The maximum absolute atomic E-state index is 12.2. The highest BCUT2D eigenvalue weighted by Gasteiger charge is 2.10. The quantitative estimate of drug-likeness (QED) is 0.551.